The number of carbonyl (C=O) groups is 3. The van der Waals surface area contributed by atoms with Gasteiger partial charge in [0.25, 0.3) is 5.56 Å². The number of phosphoric ester groups is 1. The maximum absolute atomic E-state index is 12.8. The fourth-order valence-corrected chi connectivity index (χ4v) is 4.72. The molecule has 0 radical (unpaired) electrons. The molecule has 3 unspecified atom stereocenters. The number of phosphoric acid groups is 1. The summed E-state index contributed by atoms with van der Waals surface area (Å²) in [5, 5.41) is 26.0. The molecule has 1 aromatic heterocycles. The largest absolute Gasteiger partial charge is 0.502 e. The van der Waals surface area contributed by atoms with E-state index in [1.807, 2.05) is 0 Å². The molecule has 0 aromatic carbocycles. The van der Waals surface area contributed by atoms with Gasteiger partial charge in [-0.2, -0.15) is 0 Å². The van der Waals surface area contributed by atoms with Gasteiger partial charge in [0.2, 0.25) is 5.91 Å². The maximum Gasteiger partial charge on any atom is 0.502 e. The number of carbonyl (C=O) groups excluding carboxylic acids is 3. The van der Waals surface area contributed by atoms with Crippen molar-refractivity contribution >= 4 is 25.9 Å². The van der Waals surface area contributed by atoms with Crippen LogP contribution in [0.2, 0.25) is 0 Å². The van der Waals surface area contributed by atoms with E-state index in [9.17, 15) is 33.6 Å². The van der Waals surface area contributed by atoms with Gasteiger partial charge in [-0.3, -0.25) is 28.2 Å². The average molecular weight is 626 g/mol. The Balaban J connectivity index is 2.04. The predicted octanol–water partition coefficient (Wildman–Crippen LogP) is -0.645. The molecule has 2 heterocycles. The molecule has 2 rings (SSSR count). The fraction of sp³-hybridized carbons (Fsp3) is 0.682. The summed E-state index contributed by atoms with van der Waals surface area (Å²) >= 11 is 0. The molecule has 238 valence electrons. The Labute approximate surface area is 239 Å². The van der Waals surface area contributed by atoms with Gasteiger partial charge in [0.1, 0.15) is 24.5 Å². The maximum atomic E-state index is 12.8. The summed E-state index contributed by atoms with van der Waals surface area (Å²) < 4.78 is 41.3. The minimum Gasteiger partial charge on any atom is -0.453 e. The van der Waals surface area contributed by atoms with Crippen LogP contribution in [-0.2, 0) is 43.7 Å². The first kappa shape index (κ1) is 34.9. The molecule has 20 heteroatoms. The van der Waals surface area contributed by atoms with Gasteiger partial charge < -0.3 is 35.3 Å². The number of alkyl carbamates (subject to hydrolysis) is 2. The molecule has 1 fully saturated rings. The molecule has 1 aromatic rings. The molecule has 0 saturated carbocycles. The highest BCUT2D eigenvalue weighted by atomic mass is 31.2. The molecule has 1 aliphatic rings. The van der Waals surface area contributed by atoms with E-state index in [4.69, 9.17) is 14.5 Å². The summed E-state index contributed by atoms with van der Waals surface area (Å²) in [6, 6.07) is -0.965. The van der Waals surface area contributed by atoms with Crippen LogP contribution in [0.25, 0.3) is 0 Å². The zero-order valence-electron chi connectivity index (χ0n) is 23.2. The van der Waals surface area contributed by atoms with E-state index in [0.29, 0.717) is 19.4 Å². The number of amides is 3. The van der Waals surface area contributed by atoms with Crippen LogP contribution >= 0.6 is 7.82 Å². The van der Waals surface area contributed by atoms with Crippen LogP contribution in [0.4, 0.5) is 9.59 Å². The van der Waals surface area contributed by atoms with E-state index in [1.165, 1.54) is 13.3 Å². The lowest BCUT2D eigenvalue weighted by molar-refractivity contribution is -0.170. The molecular weight excluding hydrogens is 589 g/mol. The Bertz CT molecular complexity index is 1210. The van der Waals surface area contributed by atoms with Gasteiger partial charge in [0.15, 0.2) is 0 Å². The van der Waals surface area contributed by atoms with E-state index >= 15 is 0 Å². The second-order valence-corrected chi connectivity index (χ2v) is 10.5. The number of hydrogen-bond acceptors (Lipinski definition) is 14. The zero-order chi connectivity index (χ0) is 31.3. The van der Waals surface area contributed by atoms with Crippen molar-refractivity contribution in [3.05, 3.63) is 32.6 Å². The second-order valence-electron chi connectivity index (χ2n) is 8.87. The molecule has 1 aliphatic heterocycles. The van der Waals surface area contributed by atoms with E-state index in [2.05, 4.69) is 39.6 Å². The number of aliphatic hydroxyl groups is 1. The third kappa shape index (κ3) is 10.2. The zero-order valence-corrected chi connectivity index (χ0v) is 24.1. The van der Waals surface area contributed by atoms with Crippen molar-refractivity contribution in [2.45, 2.75) is 56.6 Å². The number of aromatic amines is 1. The van der Waals surface area contributed by atoms with Crippen molar-refractivity contribution in [2.75, 3.05) is 41.0 Å². The monoisotopic (exact) mass is 625 g/mol. The van der Waals surface area contributed by atoms with Crippen LogP contribution in [0, 0.1) is 0 Å². The van der Waals surface area contributed by atoms with Crippen LogP contribution in [0.1, 0.15) is 37.5 Å². The Morgan fingerprint density at radius 3 is 2.48 bits per heavy atom. The van der Waals surface area contributed by atoms with Crippen molar-refractivity contribution in [2.24, 2.45) is 0 Å². The number of unbranched alkanes of at least 4 members (excludes halogenated alkanes) is 1. The normalized spacial score (nSPS) is 20.3. The number of ether oxygens (including phenoxy) is 3. The summed E-state index contributed by atoms with van der Waals surface area (Å²) in [6.07, 6.45) is -2.44. The van der Waals surface area contributed by atoms with Crippen LogP contribution in [0.5, 0.6) is 0 Å². The topological polar surface area (TPSA) is 255 Å². The molecule has 5 atom stereocenters. The summed E-state index contributed by atoms with van der Waals surface area (Å²) in [6.45, 7) is -0.351. The Morgan fingerprint density at radius 1 is 1.14 bits per heavy atom. The first-order chi connectivity index (χ1) is 20.0. The number of nitrogens with zero attached hydrogens (tertiary/aromatic N) is 1. The van der Waals surface area contributed by atoms with Gasteiger partial charge in [-0.25, -0.2) is 24.2 Å². The predicted molar refractivity (Wildman–Crippen MR) is 140 cm³/mol. The number of H-pyrrole nitrogens is 1. The molecule has 6 N–H and O–H groups in total. The molecule has 0 bridgehead atoms. The SMILES string of the molecule is COC(=O)NCCCCC(NC(=O)OC)C(=O)NCCc1cn([C@@H]2CC(OP(=O)(OC)OO)[C@H](CO)O2)c(=O)[nH]c1=O. The fourth-order valence-electron chi connectivity index (χ4n) is 3.98. The van der Waals surface area contributed by atoms with Gasteiger partial charge in [0, 0.05) is 38.4 Å². The Hall–Kier alpha value is -3.32. The van der Waals surface area contributed by atoms with Gasteiger partial charge in [-0.1, -0.05) is 0 Å². The van der Waals surface area contributed by atoms with Crippen molar-refractivity contribution in [1.29, 1.82) is 0 Å². The van der Waals surface area contributed by atoms with Crippen molar-refractivity contribution in [3.8, 4) is 0 Å². The lowest BCUT2D eigenvalue weighted by atomic mass is 10.1. The average Bonchev–Trinajstić information content (AvgIpc) is 3.38. The van der Waals surface area contributed by atoms with Crippen LogP contribution in [0.3, 0.4) is 0 Å². The van der Waals surface area contributed by atoms with E-state index in [0.717, 1.165) is 18.8 Å². The minimum absolute atomic E-state index is 0.0251. The van der Waals surface area contributed by atoms with Gasteiger partial charge >= 0.3 is 25.7 Å². The van der Waals surface area contributed by atoms with E-state index < -0.39 is 68.2 Å². The van der Waals surface area contributed by atoms with E-state index in [1.54, 1.807) is 0 Å². The Kier molecular flexibility index (Phi) is 14.1. The number of nitrogens with one attached hydrogen (secondary N) is 4. The molecule has 1 saturated heterocycles. The van der Waals surface area contributed by atoms with Crippen LogP contribution < -0.4 is 27.2 Å². The van der Waals surface area contributed by atoms with Gasteiger partial charge in [-0.15, -0.1) is 4.67 Å². The standard InChI is InChI=1S/C22H36N5O14P/c1-36-21(32)24-8-5-4-6-14(25-22(33)37-2)19(30)23-9-7-13-11-27(20(31)26-18(13)29)17-10-15(16(12-28)39-17)40-42(35,38-3)41-34/h11,14-17,28,34H,4-10,12H2,1-3H3,(H,23,30)(H,24,32)(H,25,33)(H,26,29,31)/t14?,15?,16-,17-,42?/m0/s1. The number of rotatable bonds is 16. The third-order valence-electron chi connectivity index (χ3n) is 6.16. The number of hydrogen-bond donors (Lipinski definition) is 6. The number of aromatic nitrogens is 2. The quantitative estimate of drug-likeness (QED) is 0.0578. The highest BCUT2D eigenvalue weighted by molar-refractivity contribution is 7.48. The lowest BCUT2D eigenvalue weighted by Gasteiger charge is -2.19. The van der Waals surface area contributed by atoms with Gasteiger partial charge in [0.05, 0.1) is 20.8 Å². The van der Waals surface area contributed by atoms with Crippen molar-refractivity contribution in [1.82, 2.24) is 25.5 Å². The van der Waals surface area contributed by atoms with Gasteiger partial charge in [-0.05, 0) is 25.7 Å². The molecule has 0 aliphatic carbocycles. The highest BCUT2D eigenvalue weighted by Gasteiger charge is 2.42. The molecule has 42 heavy (non-hydrogen) atoms. The minimum atomic E-state index is -4.37. The summed E-state index contributed by atoms with van der Waals surface area (Å²) in [5.74, 6) is -0.551. The summed E-state index contributed by atoms with van der Waals surface area (Å²) in [7, 11) is -1.02. The second kappa shape index (κ2) is 17.0. The number of aliphatic hydroxyl groups excluding tert-OH is 1. The Morgan fingerprint density at radius 2 is 1.86 bits per heavy atom. The third-order valence-corrected chi connectivity index (χ3v) is 7.34. The smallest absolute Gasteiger partial charge is 0.453 e. The highest BCUT2D eigenvalue weighted by Crippen LogP contribution is 2.51. The van der Waals surface area contributed by atoms with Crippen LogP contribution in [0.15, 0.2) is 15.8 Å². The molecule has 0 spiro atoms. The summed E-state index contributed by atoms with van der Waals surface area (Å²) in [4.78, 5) is 62.7. The first-order valence-electron chi connectivity index (χ1n) is 12.7. The number of methoxy groups -OCH3 is 2. The summed E-state index contributed by atoms with van der Waals surface area (Å²) in [5.41, 5.74) is -1.46. The first-order valence-corrected chi connectivity index (χ1v) is 14.2. The molecular formula is C22H36N5O14P. The van der Waals surface area contributed by atoms with Crippen molar-refractivity contribution in [3.63, 3.8) is 0 Å². The molecule has 3 amide bonds. The van der Waals surface area contributed by atoms with Crippen molar-refractivity contribution < 1.29 is 57.2 Å². The lowest BCUT2D eigenvalue weighted by Crippen LogP contribution is -2.47. The molecule has 19 nitrogen and oxygen atoms in total. The van der Waals surface area contributed by atoms with Crippen LogP contribution in [-0.4, -0.2) is 97.3 Å². The van der Waals surface area contributed by atoms with E-state index in [-0.39, 0.29) is 31.4 Å².